The fourth-order valence-electron chi connectivity index (χ4n) is 1.77. The summed E-state index contributed by atoms with van der Waals surface area (Å²) in [6.45, 7) is 1.34. The lowest BCUT2D eigenvalue weighted by atomic mass is 10.1. The maximum atomic E-state index is 10.7. The van der Waals surface area contributed by atoms with Gasteiger partial charge in [-0.25, -0.2) is 4.79 Å². The highest BCUT2D eigenvalue weighted by atomic mass is 16.7. The molecule has 1 aliphatic rings. The molecule has 0 unspecified atom stereocenters. The predicted octanol–water partition coefficient (Wildman–Crippen LogP) is 1.91. The Bertz CT molecular complexity index is 452. The minimum atomic E-state index is -0.399. The first-order chi connectivity index (χ1) is 7.70. The van der Waals surface area contributed by atoms with Gasteiger partial charge in [0.15, 0.2) is 0 Å². The third kappa shape index (κ3) is 2.05. The molecule has 0 fully saturated rings. The molecule has 0 saturated carbocycles. The van der Waals surface area contributed by atoms with Crippen LogP contribution < -0.4 is 4.74 Å². The van der Waals surface area contributed by atoms with E-state index in [0.29, 0.717) is 0 Å². The van der Waals surface area contributed by atoms with Crippen LogP contribution in [0.4, 0.5) is 0 Å². The number of carbonyl (C=O) groups is 1. The lowest BCUT2D eigenvalue weighted by Gasteiger charge is -2.03. The van der Waals surface area contributed by atoms with Gasteiger partial charge < -0.3 is 9.57 Å². The maximum absolute atomic E-state index is 10.7. The molecule has 0 atom stereocenters. The van der Waals surface area contributed by atoms with Gasteiger partial charge in [0.05, 0.1) is 12.8 Å². The van der Waals surface area contributed by atoms with Crippen LogP contribution in [0.3, 0.4) is 0 Å². The molecule has 0 saturated heterocycles. The van der Waals surface area contributed by atoms with Crippen molar-refractivity contribution in [2.24, 2.45) is 5.16 Å². The molecule has 0 amide bonds. The Morgan fingerprint density at radius 3 is 2.88 bits per heavy atom. The number of hydrogen-bond acceptors (Lipinski definition) is 4. The molecule has 1 aromatic rings. The average Bonchev–Trinajstić information content (AvgIpc) is 2.68. The van der Waals surface area contributed by atoms with Gasteiger partial charge in [-0.2, -0.15) is 0 Å². The number of carbonyl (C=O) groups excluding carboxylic acids is 1. The normalized spacial score (nSPS) is 16.0. The zero-order valence-electron chi connectivity index (χ0n) is 9.32. The Hall–Kier alpha value is -1.84. The smallest absolute Gasteiger partial charge is 0.331 e. The van der Waals surface area contributed by atoms with Crippen molar-refractivity contribution in [2.45, 2.75) is 19.8 Å². The monoisotopic (exact) mass is 219 g/mol. The summed E-state index contributed by atoms with van der Waals surface area (Å²) in [6, 6.07) is 5.86. The van der Waals surface area contributed by atoms with E-state index in [9.17, 15) is 4.79 Å². The van der Waals surface area contributed by atoms with E-state index in [1.807, 2.05) is 18.2 Å². The van der Waals surface area contributed by atoms with Crippen molar-refractivity contribution < 1.29 is 14.4 Å². The van der Waals surface area contributed by atoms with Crippen LogP contribution in [-0.4, -0.2) is 18.8 Å². The van der Waals surface area contributed by atoms with E-state index in [-0.39, 0.29) is 0 Å². The summed E-state index contributed by atoms with van der Waals surface area (Å²) in [6.07, 6.45) is 1.73. The lowest BCUT2D eigenvalue weighted by molar-refractivity contribution is -0.140. The maximum Gasteiger partial charge on any atom is 0.331 e. The number of oxime groups is 1. The van der Waals surface area contributed by atoms with E-state index in [4.69, 9.17) is 4.74 Å². The number of ether oxygens (including phenoxy) is 1. The van der Waals surface area contributed by atoms with E-state index in [0.717, 1.165) is 29.9 Å². The second kappa shape index (κ2) is 4.35. The summed E-state index contributed by atoms with van der Waals surface area (Å²) in [4.78, 5) is 15.3. The van der Waals surface area contributed by atoms with Crippen LogP contribution >= 0.6 is 0 Å². The molecule has 1 aliphatic carbocycles. The Balaban J connectivity index is 2.30. The van der Waals surface area contributed by atoms with Crippen molar-refractivity contribution in [3.8, 4) is 5.75 Å². The molecule has 4 nitrogen and oxygen atoms in total. The molecule has 1 aromatic carbocycles. The van der Waals surface area contributed by atoms with Gasteiger partial charge in [0.1, 0.15) is 5.75 Å². The minimum Gasteiger partial charge on any atom is -0.497 e. The van der Waals surface area contributed by atoms with Crippen LogP contribution in [0.25, 0.3) is 0 Å². The zero-order chi connectivity index (χ0) is 11.5. The molecular weight excluding hydrogens is 206 g/mol. The van der Waals surface area contributed by atoms with E-state index in [1.54, 1.807) is 7.11 Å². The number of nitrogens with zero attached hydrogens (tertiary/aromatic N) is 1. The number of methoxy groups -OCH3 is 1. The van der Waals surface area contributed by atoms with Gasteiger partial charge in [0.2, 0.25) is 0 Å². The van der Waals surface area contributed by atoms with Gasteiger partial charge in [-0.3, -0.25) is 0 Å². The lowest BCUT2D eigenvalue weighted by Crippen LogP contribution is -1.99. The Kier molecular flexibility index (Phi) is 2.90. The second-order valence-corrected chi connectivity index (χ2v) is 3.64. The van der Waals surface area contributed by atoms with Gasteiger partial charge in [-0.15, -0.1) is 0 Å². The van der Waals surface area contributed by atoms with E-state index in [2.05, 4.69) is 9.99 Å². The van der Waals surface area contributed by atoms with Crippen molar-refractivity contribution in [1.82, 2.24) is 0 Å². The summed E-state index contributed by atoms with van der Waals surface area (Å²) >= 11 is 0. The molecule has 16 heavy (non-hydrogen) atoms. The number of benzene rings is 1. The van der Waals surface area contributed by atoms with Gasteiger partial charge in [0.25, 0.3) is 0 Å². The van der Waals surface area contributed by atoms with Crippen LogP contribution in [-0.2, 0) is 16.1 Å². The molecular formula is C12H13NO3. The summed E-state index contributed by atoms with van der Waals surface area (Å²) in [5.41, 5.74) is 3.04. The fraction of sp³-hybridized carbons (Fsp3) is 0.333. The summed E-state index contributed by atoms with van der Waals surface area (Å²) in [5.74, 6) is 0.389. The summed E-state index contributed by atoms with van der Waals surface area (Å²) < 4.78 is 5.15. The van der Waals surface area contributed by atoms with Crippen molar-refractivity contribution in [3.05, 3.63) is 29.3 Å². The summed E-state index contributed by atoms with van der Waals surface area (Å²) in [5, 5.41) is 3.85. The van der Waals surface area contributed by atoms with Crippen molar-refractivity contribution in [1.29, 1.82) is 0 Å². The molecule has 2 rings (SSSR count). The van der Waals surface area contributed by atoms with Crippen molar-refractivity contribution >= 4 is 11.7 Å². The topological polar surface area (TPSA) is 47.9 Å². The fourth-order valence-corrected chi connectivity index (χ4v) is 1.77. The molecule has 0 heterocycles. The SMILES string of the molecule is COc1ccc2c(c1)C(=NOC(C)=O)CC2. The Labute approximate surface area is 93.9 Å². The van der Waals surface area contributed by atoms with Crippen LogP contribution in [0.1, 0.15) is 24.5 Å². The highest BCUT2D eigenvalue weighted by molar-refractivity contribution is 6.04. The van der Waals surface area contributed by atoms with Crippen molar-refractivity contribution in [3.63, 3.8) is 0 Å². The van der Waals surface area contributed by atoms with E-state index in [1.165, 1.54) is 12.5 Å². The van der Waals surface area contributed by atoms with Gasteiger partial charge in [0, 0.05) is 12.5 Å². The van der Waals surface area contributed by atoms with Crippen LogP contribution in [0.2, 0.25) is 0 Å². The van der Waals surface area contributed by atoms with Crippen LogP contribution in [0.5, 0.6) is 5.75 Å². The van der Waals surface area contributed by atoms with E-state index >= 15 is 0 Å². The quantitative estimate of drug-likeness (QED) is 0.564. The number of rotatable bonds is 2. The highest BCUT2D eigenvalue weighted by Gasteiger charge is 2.19. The average molecular weight is 219 g/mol. The minimum absolute atomic E-state index is 0.399. The van der Waals surface area contributed by atoms with Crippen LogP contribution in [0.15, 0.2) is 23.4 Å². The van der Waals surface area contributed by atoms with E-state index < -0.39 is 5.97 Å². The van der Waals surface area contributed by atoms with Crippen LogP contribution in [0, 0.1) is 0 Å². The Morgan fingerprint density at radius 2 is 2.19 bits per heavy atom. The standard InChI is InChI=1S/C12H13NO3/c1-8(14)16-13-12-6-4-9-3-5-10(15-2)7-11(9)12/h3,5,7H,4,6H2,1-2H3. The summed E-state index contributed by atoms with van der Waals surface area (Å²) in [7, 11) is 1.62. The molecule has 0 radical (unpaired) electrons. The molecule has 0 aliphatic heterocycles. The molecule has 0 spiro atoms. The first-order valence-electron chi connectivity index (χ1n) is 5.12. The molecule has 0 N–H and O–H groups in total. The largest absolute Gasteiger partial charge is 0.497 e. The molecule has 84 valence electrons. The second-order valence-electron chi connectivity index (χ2n) is 3.64. The first kappa shape index (κ1) is 10.7. The van der Waals surface area contributed by atoms with Gasteiger partial charge in [-0.05, 0) is 30.5 Å². The first-order valence-corrected chi connectivity index (χ1v) is 5.12. The van der Waals surface area contributed by atoms with Gasteiger partial charge in [-0.1, -0.05) is 11.2 Å². The predicted molar refractivity (Wildman–Crippen MR) is 59.6 cm³/mol. The Morgan fingerprint density at radius 1 is 1.38 bits per heavy atom. The molecule has 0 bridgehead atoms. The molecule has 0 aromatic heterocycles. The van der Waals surface area contributed by atoms with Gasteiger partial charge >= 0.3 is 5.97 Å². The number of hydrogen-bond donors (Lipinski definition) is 0. The molecule has 4 heteroatoms. The highest BCUT2D eigenvalue weighted by Crippen LogP contribution is 2.26. The third-order valence-corrected chi connectivity index (χ3v) is 2.54. The zero-order valence-corrected chi connectivity index (χ0v) is 9.32. The number of fused-ring (bicyclic) bond motifs is 1. The number of aryl methyl sites for hydroxylation is 1. The van der Waals surface area contributed by atoms with Crippen molar-refractivity contribution in [2.75, 3.05) is 7.11 Å². The third-order valence-electron chi connectivity index (χ3n) is 2.54.